The van der Waals surface area contributed by atoms with Crippen LogP contribution < -0.4 is 24.8 Å². The van der Waals surface area contributed by atoms with Gasteiger partial charge in [0.1, 0.15) is 18.1 Å². The van der Waals surface area contributed by atoms with Crippen LogP contribution in [-0.2, 0) is 22.5 Å². The fraction of sp³-hybridized carbons (Fsp3) is 0.250. The predicted octanol–water partition coefficient (Wildman–Crippen LogP) is 3.67. The normalized spacial score (nSPS) is 16.9. The average molecular weight is 616 g/mol. The first-order valence-corrected chi connectivity index (χ1v) is 14.2. The largest absolute Gasteiger partial charge is 0.760 e. The molecule has 0 saturated carbocycles. The molecule has 222 valence electrons. The zero-order valence-corrected chi connectivity index (χ0v) is 23.9. The number of rotatable bonds is 11. The topological polar surface area (TPSA) is 169 Å². The molecule has 4 rings (SSSR count). The van der Waals surface area contributed by atoms with Gasteiger partial charge in [-0.05, 0) is 60.5 Å². The quantitative estimate of drug-likeness (QED) is 0.237. The molecule has 1 unspecified atom stereocenters. The lowest BCUT2D eigenvalue weighted by Gasteiger charge is -2.25. The summed E-state index contributed by atoms with van der Waals surface area (Å²) in [5, 5.41) is 14.8. The molecule has 0 aromatic heterocycles. The number of hydrogen-bond donors (Lipinski definition) is 4. The standard InChI is InChI=1S/C28H29ClN4O8S/c1-40-25-12-17(6-11-24(25)31-28(37)30-23-5-3-2-4-22(23)29)13-26(34)33-15-19(32-42(38)39)14-20(33)16-41-21-9-7-18(8-10-21)27(35)36/h2-12,19-20,32H,13-16H2,1H3,(H,35,36)(H,38,39)(H2,30,31,37)/p-1/t19-,20-/m0/s1. The summed E-state index contributed by atoms with van der Waals surface area (Å²) in [5.41, 5.74) is 1.54. The highest BCUT2D eigenvalue weighted by Crippen LogP contribution is 2.28. The van der Waals surface area contributed by atoms with Crippen molar-refractivity contribution in [3.05, 3.63) is 82.9 Å². The molecular weight excluding hydrogens is 588 g/mol. The number of para-hydroxylation sites is 1. The Bertz CT molecular complexity index is 1470. The minimum absolute atomic E-state index is 0.0144. The Kier molecular flexibility index (Phi) is 10.4. The fourth-order valence-corrected chi connectivity index (χ4v) is 5.18. The number of urea groups is 1. The van der Waals surface area contributed by atoms with Crippen LogP contribution in [0.3, 0.4) is 0 Å². The molecule has 1 aliphatic rings. The molecule has 1 heterocycles. The van der Waals surface area contributed by atoms with Gasteiger partial charge in [0.05, 0.1) is 41.5 Å². The number of halogens is 1. The van der Waals surface area contributed by atoms with Gasteiger partial charge in [0.25, 0.3) is 0 Å². The third-order valence-electron chi connectivity index (χ3n) is 6.53. The zero-order chi connectivity index (χ0) is 30.2. The number of nitrogens with one attached hydrogen (secondary N) is 3. The maximum atomic E-state index is 13.4. The molecule has 0 aliphatic carbocycles. The van der Waals surface area contributed by atoms with E-state index >= 15 is 0 Å². The number of amides is 3. The molecule has 42 heavy (non-hydrogen) atoms. The number of aromatic carboxylic acids is 1. The molecule has 1 saturated heterocycles. The van der Waals surface area contributed by atoms with E-state index < -0.39 is 35.4 Å². The molecule has 4 N–H and O–H groups in total. The highest BCUT2D eigenvalue weighted by Gasteiger charge is 2.35. The van der Waals surface area contributed by atoms with Crippen molar-refractivity contribution in [2.24, 2.45) is 0 Å². The minimum Gasteiger partial charge on any atom is -0.760 e. The molecule has 1 aliphatic heterocycles. The van der Waals surface area contributed by atoms with Gasteiger partial charge in [0, 0.05) is 23.9 Å². The number of carboxylic acid groups (broad SMARTS) is 1. The van der Waals surface area contributed by atoms with Crippen molar-refractivity contribution in [1.29, 1.82) is 0 Å². The van der Waals surface area contributed by atoms with Gasteiger partial charge < -0.3 is 34.7 Å². The first kappa shape index (κ1) is 30.8. The number of ether oxygens (including phenoxy) is 2. The van der Waals surface area contributed by atoms with E-state index in [0.29, 0.717) is 39.9 Å². The second-order valence-corrected chi connectivity index (χ2v) is 10.5. The maximum absolute atomic E-state index is 13.4. The molecule has 0 spiro atoms. The SMILES string of the molecule is COc1cc(CC(=O)N2C[C@@H](NS(=O)[O-])C[C@H]2COc2ccc(C(=O)O)cc2)ccc1NC(=O)Nc1ccccc1Cl. The zero-order valence-electron chi connectivity index (χ0n) is 22.4. The van der Waals surface area contributed by atoms with E-state index in [2.05, 4.69) is 15.4 Å². The van der Waals surface area contributed by atoms with Gasteiger partial charge >= 0.3 is 12.0 Å². The van der Waals surface area contributed by atoms with Gasteiger partial charge in [0.15, 0.2) is 0 Å². The Morgan fingerprint density at radius 1 is 1.07 bits per heavy atom. The third kappa shape index (κ3) is 8.19. The van der Waals surface area contributed by atoms with Crippen LogP contribution in [0.15, 0.2) is 66.7 Å². The van der Waals surface area contributed by atoms with E-state index in [4.69, 9.17) is 26.2 Å². The molecule has 3 atom stereocenters. The Morgan fingerprint density at radius 3 is 2.45 bits per heavy atom. The lowest BCUT2D eigenvalue weighted by Crippen LogP contribution is -2.41. The van der Waals surface area contributed by atoms with Crippen molar-refractivity contribution in [3.8, 4) is 11.5 Å². The Labute approximate surface area is 249 Å². The first-order valence-electron chi connectivity index (χ1n) is 12.7. The van der Waals surface area contributed by atoms with E-state index in [-0.39, 0.29) is 31.0 Å². The molecule has 12 nitrogen and oxygen atoms in total. The minimum atomic E-state index is -2.51. The maximum Gasteiger partial charge on any atom is 0.335 e. The molecule has 3 aromatic carbocycles. The van der Waals surface area contributed by atoms with Crippen molar-refractivity contribution < 1.29 is 37.7 Å². The third-order valence-corrected chi connectivity index (χ3v) is 7.39. The van der Waals surface area contributed by atoms with Crippen molar-refractivity contribution in [2.45, 2.75) is 24.9 Å². The van der Waals surface area contributed by atoms with E-state index in [1.54, 1.807) is 47.4 Å². The lowest BCUT2D eigenvalue weighted by atomic mass is 10.1. The van der Waals surface area contributed by atoms with E-state index in [9.17, 15) is 23.1 Å². The second kappa shape index (κ2) is 14.1. The summed E-state index contributed by atoms with van der Waals surface area (Å²) in [6, 6.07) is 16.1. The number of anilines is 2. The van der Waals surface area contributed by atoms with Crippen LogP contribution in [0.5, 0.6) is 11.5 Å². The van der Waals surface area contributed by atoms with Gasteiger partial charge in [-0.1, -0.05) is 29.8 Å². The number of nitrogens with zero attached hydrogens (tertiary/aromatic N) is 1. The summed E-state index contributed by atoms with van der Waals surface area (Å²) in [6.45, 7) is 0.229. The summed E-state index contributed by atoms with van der Waals surface area (Å²) < 4.78 is 36.2. The van der Waals surface area contributed by atoms with E-state index in [1.165, 1.54) is 31.4 Å². The molecule has 0 bridgehead atoms. The number of hydrogen-bond acceptors (Lipinski definition) is 7. The van der Waals surface area contributed by atoms with Crippen molar-refractivity contribution in [1.82, 2.24) is 9.62 Å². The summed E-state index contributed by atoms with van der Waals surface area (Å²) in [4.78, 5) is 38.5. The van der Waals surface area contributed by atoms with Crippen LogP contribution in [0.1, 0.15) is 22.3 Å². The molecule has 3 aromatic rings. The van der Waals surface area contributed by atoms with Crippen LogP contribution in [0.4, 0.5) is 16.2 Å². The summed E-state index contributed by atoms with van der Waals surface area (Å²) in [5.74, 6) is -0.566. The monoisotopic (exact) mass is 615 g/mol. The Hall–Kier alpha value is -4.17. The second-order valence-electron chi connectivity index (χ2n) is 9.40. The average Bonchev–Trinajstić information content (AvgIpc) is 3.36. The Morgan fingerprint density at radius 2 is 1.79 bits per heavy atom. The molecule has 3 amide bonds. The van der Waals surface area contributed by atoms with Crippen molar-refractivity contribution in [2.75, 3.05) is 30.9 Å². The number of carbonyl (C=O) groups is 3. The number of carboxylic acids is 1. The van der Waals surface area contributed by atoms with Gasteiger partial charge in [-0.3, -0.25) is 9.00 Å². The van der Waals surface area contributed by atoms with Gasteiger partial charge in [-0.2, -0.15) is 0 Å². The van der Waals surface area contributed by atoms with Crippen molar-refractivity contribution in [3.63, 3.8) is 0 Å². The lowest BCUT2D eigenvalue weighted by molar-refractivity contribution is -0.131. The first-order chi connectivity index (χ1) is 20.1. The van der Waals surface area contributed by atoms with Crippen LogP contribution in [0.2, 0.25) is 5.02 Å². The predicted molar refractivity (Wildman–Crippen MR) is 156 cm³/mol. The molecule has 0 radical (unpaired) electrons. The van der Waals surface area contributed by atoms with Gasteiger partial charge in [-0.15, -0.1) is 0 Å². The molecule has 1 fully saturated rings. The molecule has 14 heteroatoms. The molecular formula is C28H28ClN4O8S-. The number of methoxy groups -OCH3 is 1. The van der Waals surface area contributed by atoms with Crippen molar-refractivity contribution >= 4 is 52.1 Å². The van der Waals surface area contributed by atoms with Gasteiger partial charge in [-0.25, -0.2) is 14.3 Å². The highest BCUT2D eigenvalue weighted by atomic mass is 35.5. The highest BCUT2D eigenvalue weighted by molar-refractivity contribution is 7.77. The summed E-state index contributed by atoms with van der Waals surface area (Å²) in [6.07, 6.45) is 0.319. The van der Waals surface area contributed by atoms with E-state index in [0.717, 1.165) is 0 Å². The van der Waals surface area contributed by atoms with Crippen LogP contribution in [-0.4, -0.2) is 69.0 Å². The number of benzene rings is 3. The Balaban J connectivity index is 1.42. The van der Waals surface area contributed by atoms with Crippen LogP contribution in [0.25, 0.3) is 0 Å². The smallest absolute Gasteiger partial charge is 0.335 e. The summed E-state index contributed by atoms with van der Waals surface area (Å²) in [7, 11) is 1.44. The summed E-state index contributed by atoms with van der Waals surface area (Å²) >= 11 is 3.59. The van der Waals surface area contributed by atoms with Crippen LogP contribution in [0, 0.1) is 0 Å². The van der Waals surface area contributed by atoms with Crippen LogP contribution >= 0.6 is 11.6 Å². The number of carbonyl (C=O) groups excluding carboxylic acids is 2. The number of likely N-dealkylation sites (tertiary alicyclic amines) is 1. The van der Waals surface area contributed by atoms with E-state index in [1.807, 2.05) is 0 Å². The van der Waals surface area contributed by atoms with Gasteiger partial charge in [0.2, 0.25) is 5.91 Å². The fourth-order valence-electron chi connectivity index (χ4n) is 4.55.